The molecular formula is C27H27N5O7S. The minimum Gasteiger partial charge on any atom is -0.486 e. The highest BCUT2D eigenvalue weighted by atomic mass is 32.1. The van der Waals surface area contributed by atoms with Crippen molar-refractivity contribution < 1.29 is 33.4 Å². The second-order valence-electron chi connectivity index (χ2n) is 9.29. The van der Waals surface area contributed by atoms with Gasteiger partial charge >= 0.3 is 12.0 Å². The van der Waals surface area contributed by atoms with Gasteiger partial charge in [-0.2, -0.15) is 0 Å². The number of carbonyl (C=O) groups excluding carboxylic acids is 4. The molecule has 12 nitrogen and oxygen atoms in total. The molecule has 5 rings (SSSR count). The van der Waals surface area contributed by atoms with Crippen LogP contribution in [0.15, 0.2) is 47.8 Å². The molecule has 1 fully saturated rings. The third-order valence-electron chi connectivity index (χ3n) is 6.50. The Bertz CT molecular complexity index is 1460. The highest BCUT2D eigenvalue weighted by Crippen LogP contribution is 2.35. The number of anilines is 2. The molecule has 0 unspecified atom stereocenters. The molecule has 0 aliphatic carbocycles. The van der Waals surface area contributed by atoms with Gasteiger partial charge in [0.2, 0.25) is 5.91 Å². The number of hydrogen-bond acceptors (Lipinski definition) is 10. The number of imide groups is 1. The molecule has 3 aromatic rings. The average molecular weight is 566 g/mol. The number of esters is 1. The Labute approximate surface area is 233 Å². The molecule has 0 saturated carbocycles. The number of aromatic nitrogens is 1. The van der Waals surface area contributed by atoms with Crippen LogP contribution in [0.5, 0.6) is 11.5 Å². The van der Waals surface area contributed by atoms with E-state index in [4.69, 9.17) is 9.47 Å². The van der Waals surface area contributed by atoms with Crippen molar-refractivity contribution in [2.24, 2.45) is 0 Å². The first-order valence-corrected chi connectivity index (χ1v) is 13.3. The summed E-state index contributed by atoms with van der Waals surface area (Å²) in [5.74, 6) is -0.831. The molecule has 0 radical (unpaired) electrons. The molecule has 13 heteroatoms. The Morgan fingerprint density at radius 3 is 2.58 bits per heavy atom. The molecule has 4 amide bonds. The minimum absolute atomic E-state index is 0.0345. The van der Waals surface area contributed by atoms with Crippen LogP contribution in [-0.4, -0.2) is 74.2 Å². The lowest BCUT2D eigenvalue weighted by Crippen LogP contribution is -2.49. The van der Waals surface area contributed by atoms with Gasteiger partial charge in [-0.15, -0.1) is 11.3 Å². The van der Waals surface area contributed by atoms with Crippen LogP contribution < -0.4 is 25.0 Å². The van der Waals surface area contributed by atoms with Gasteiger partial charge in [0.1, 0.15) is 25.3 Å². The smallest absolute Gasteiger partial charge is 0.357 e. The van der Waals surface area contributed by atoms with Gasteiger partial charge < -0.3 is 29.7 Å². The van der Waals surface area contributed by atoms with Crippen molar-refractivity contribution in [3.8, 4) is 11.5 Å². The Kier molecular flexibility index (Phi) is 7.56. The minimum atomic E-state index is -1.20. The van der Waals surface area contributed by atoms with Gasteiger partial charge in [-0.1, -0.05) is 18.2 Å². The van der Waals surface area contributed by atoms with Crippen molar-refractivity contribution in [1.82, 2.24) is 15.2 Å². The van der Waals surface area contributed by atoms with Crippen LogP contribution >= 0.6 is 11.3 Å². The van der Waals surface area contributed by atoms with E-state index >= 15 is 0 Å². The van der Waals surface area contributed by atoms with Crippen molar-refractivity contribution in [3.63, 3.8) is 0 Å². The number of methoxy groups -OCH3 is 1. The summed E-state index contributed by atoms with van der Waals surface area (Å²) in [5, 5.41) is 6.92. The fourth-order valence-electron chi connectivity index (χ4n) is 4.43. The van der Waals surface area contributed by atoms with Gasteiger partial charge in [0.05, 0.1) is 7.11 Å². The number of amides is 4. The van der Waals surface area contributed by atoms with Crippen LogP contribution in [0.2, 0.25) is 0 Å². The molecule has 208 valence electrons. The highest BCUT2D eigenvalue weighted by Gasteiger charge is 2.45. The summed E-state index contributed by atoms with van der Waals surface area (Å²) in [7, 11) is 5.05. The number of rotatable bonds is 8. The molecule has 1 saturated heterocycles. The molecule has 3 heterocycles. The van der Waals surface area contributed by atoms with E-state index in [1.54, 1.807) is 18.2 Å². The lowest BCUT2D eigenvalue weighted by atomic mass is 10.0. The van der Waals surface area contributed by atoms with Gasteiger partial charge in [-0.3, -0.25) is 9.59 Å². The Morgan fingerprint density at radius 2 is 1.88 bits per heavy atom. The monoisotopic (exact) mass is 565 g/mol. The number of carbonyl (C=O) groups is 4. The lowest BCUT2D eigenvalue weighted by molar-refractivity contribution is -0.134. The zero-order valence-corrected chi connectivity index (χ0v) is 22.8. The summed E-state index contributed by atoms with van der Waals surface area (Å²) in [6, 6.07) is 9.55. The lowest BCUT2D eigenvalue weighted by Gasteiger charge is -2.25. The number of nitrogens with one attached hydrogen (secondary N) is 2. The Morgan fingerprint density at radius 1 is 1.15 bits per heavy atom. The van der Waals surface area contributed by atoms with Crippen LogP contribution in [0.1, 0.15) is 27.7 Å². The van der Waals surface area contributed by atoms with E-state index in [1.165, 1.54) is 12.5 Å². The average Bonchev–Trinajstić information content (AvgIpc) is 3.54. The van der Waals surface area contributed by atoms with Crippen LogP contribution in [0.4, 0.5) is 15.6 Å². The number of benzene rings is 2. The van der Waals surface area contributed by atoms with Gasteiger partial charge in [0.25, 0.3) is 5.91 Å². The molecule has 2 aromatic carbocycles. The van der Waals surface area contributed by atoms with E-state index in [-0.39, 0.29) is 17.2 Å². The number of fused-ring (bicyclic) bond motifs is 1. The van der Waals surface area contributed by atoms with Crippen molar-refractivity contribution in [2.45, 2.75) is 18.5 Å². The van der Waals surface area contributed by atoms with Gasteiger partial charge in [-0.05, 0) is 35.4 Å². The number of hydrogen-bond donors (Lipinski definition) is 2. The number of thiazole rings is 1. The zero-order valence-electron chi connectivity index (χ0n) is 22.0. The number of nitrogens with zero attached hydrogens (tertiary/aromatic N) is 3. The first-order valence-electron chi connectivity index (χ1n) is 12.4. The third-order valence-corrected chi connectivity index (χ3v) is 7.25. The molecule has 2 atom stereocenters. The van der Waals surface area contributed by atoms with E-state index in [0.29, 0.717) is 30.3 Å². The zero-order chi connectivity index (χ0) is 28.4. The van der Waals surface area contributed by atoms with Crippen molar-refractivity contribution in [3.05, 3.63) is 64.7 Å². The summed E-state index contributed by atoms with van der Waals surface area (Å²) < 4.78 is 15.9. The van der Waals surface area contributed by atoms with E-state index in [0.717, 1.165) is 27.5 Å². The highest BCUT2D eigenvalue weighted by molar-refractivity contribution is 7.14. The second kappa shape index (κ2) is 11.2. The fourth-order valence-corrected chi connectivity index (χ4v) is 5.11. The van der Waals surface area contributed by atoms with Gasteiger partial charge in [0, 0.05) is 31.6 Å². The molecule has 2 aliphatic heterocycles. The first-order chi connectivity index (χ1) is 19.2. The Hall–Kier alpha value is -4.65. The summed E-state index contributed by atoms with van der Waals surface area (Å²) in [6.45, 7) is 0.794. The van der Waals surface area contributed by atoms with E-state index in [1.807, 2.05) is 43.3 Å². The second-order valence-corrected chi connectivity index (χ2v) is 10.2. The molecule has 0 spiro atoms. The van der Waals surface area contributed by atoms with Gasteiger partial charge in [-0.25, -0.2) is 19.5 Å². The van der Waals surface area contributed by atoms with Crippen LogP contribution in [0.25, 0.3) is 0 Å². The fraction of sp³-hybridized carbons (Fsp3) is 0.296. The maximum Gasteiger partial charge on any atom is 0.357 e. The molecule has 0 bridgehead atoms. The van der Waals surface area contributed by atoms with Crippen LogP contribution in [0.3, 0.4) is 0 Å². The molecule has 2 aliphatic rings. The summed E-state index contributed by atoms with van der Waals surface area (Å²) in [5.41, 5.74) is 2.23. The summed E-state index contributed by atoms with van der Waals surface area (Å²) >= 11 is 1.03. The molecule has 1 aromatic heterocycles. The normalized spacial score (nSPS) is 16.8. The summed E-state index contributed by atoms with van der Waals surface area (Å²) in [6.07, 6.45) is 0.0573. The van der Waals surface area contributed by atoms with Crippen LogP contribution in [0, 0.1) is 0 Å². The van der Waals surface area contributed by atoms with Crippen LogP contribution in [-0.2, 0) is 20.7 Å². The SMILES string of the molecule is COC(=O)c1csc(NC(=O)[C@H](Cc2ccc(N(C)C)cc2)N2C(=O)N[C@H](c3ccc4c(c3)OCCO4)C2=O)n1. The largest absolute Gasteiger partial charge is 0.486 e. The number of urea groups is 1. The van der Waals surface area contributed by atoms with E-state index < -0.39 is 35.9 Å². The Balaban J connectivity index is 1.43. The van der Waals surface area contributed by atoms with E-state index in [2.05, 4.69) is 20.4 Å². The van der Waals surface area contributed by atoms with Crippen molar-refractivity contribution in [2.75, 3.05) is 44.6 Å². The third kappa shape index (κ3) is 5.41. The van der Waals surface area contributed by atoms with Gasteiger partial charge in [0.15, 0.2) is 22.3 Å². The summed E-state index contributed by atoms with van der Waals surface area (Å²) in [4.78, 5) is 59.2. The van der Waals surface area contributed by atoms with Crippen molar-refractivity contribution in [1.29, 1.82) is 0 Å². The van der Waals surface area contributed by atoms with Crippen molar-refractivity contribution >= 4 is 46.0 Å². The number of ether oxygens (including phenoxy) is 3. The molecular weight excluding hydrogens is 538 g/mol. The maximum atomic E-state index is 13.7. The quantitative estimate of drug-likeness (QED) is 0.312. The molecule has 2 N–H and O–H groups in total. The van der Waals surface area contributed by atoms with E-state index in [9.17, 15) is 19.2 Å². The topological polar surface area (TPSA) is 139 Å². The first kappa shape index (κ1) is 26.9. The predicted molar refractivity (Wildman–Crippen MR) is 146 cm³/mol. The maximum absolute atomic E-state index is 13.7. The standard InChI is InChI=1S/C27H27N5O7S/c1-31(2)17-7-4-15(5-8-17)12-19(23(33)30-26-28-18(14-40-26)25(35)37-3)32-24(34)22(29-27(32)36)16-6-9-20-21(13-16)39-11-10-38-20/h4-9,13-14,19,22H,10-12H2,1-3H3,(H,29,36)(H,28,30,33)/t19-,22+/m0/s1. The molecule has 40 heavy (non-hydrogen) atoms. The predicted octanol–water partition coefficient (Wildman–Crippen LogP) is 2.61.